The van der Waals surface area contributed by atoms with Gasteiger partial charge >= 0.3 is 0 Å². The van der Waals surface area contributed by atoms with Gasteiger partial charge in [0.1, 0.15) is 5.75 Å². The number of amides is 1. The fourth-order valence-electron chi connectivity index (χ4n) is 2.77. The Morgan fingerprint density at radius 2 is 1.78 bits per heavy atom. The molecule has 0 aromatic heterocycles. The third kappa shape index (κ3) is 5.51. The first-order chi connectivity index (χ1) is 10.7. The molecule has 1 amide bonds. The van der Waals surface area contributed by atoms with Crippen molar-refractivity contribution in [3.8, 4) is 5.75 Å². The highest BCUT2D eigenvalue weighted by Gasteiger charge is 2.25. The van der Waals surface area contributed by atoms with Crippen LogP contribution in [0.2, 0.25) is 0 Å². The third-order valence-corrected chi connectivity index (χ3v) is 5.16. The molecular formula is C16H24N2O4S. The Labute approximate surface area is 137 Å². The molecule has 128 valence electrons. The number of piperidine rings is 1. The van der Waals surface area contributed by atoms with Crippen LogP contribution >= 0.6 is 0 Å². The number of nitrogens with zero attached hydrogens (tertiary/aromatic N) is 1. The average Bonchev–Trinajstić information content (AvgIpc) is 2.44. The molecule has 1 fully saturated rings. The van der Waals surface area contributed by atoms with Crippen LogP contribution in [-0.2, 0) is 14.8 Å². The van der Waals surface area contributed by atoms with E-state index in [0.29, 0.717) is 31.7 Å². The lowest BCUT2D eigenvalue weighted by atomic mass is 10.1. The molecule has 0 unspecified atom stereocenters. The lowest BCUT2D eigenvalue weighted by molar-refractivity contribution is -0.124. The Bertz CT molecular complexity index is 644. The maximum absolute atomic E-state index is 12.0. The van der Waals surface area contributed by atoms with Crippen LogP contribution in [0.15, 0.2) is 18.2 Å². The highest BCUT2D eigenvalue weighted by molar-refractivity contribution is 7.88. The van der Waals surface area contributed by atoms with Crippen LogP contribution < -0.4 is 10.1 Å². The van der Waals surface area contributed by atoms with Crippen molar-refractivity contribution in [2.75, 3.05) is 26.0 Å². The number of hydrogen-bond donors (Lipinski definition) is 1. The molecule has 1 saturated heterocycles. The van der Waals surface area contributed by atoms with E-state index in [-0.39, 0.29) is 18.6 Å². The van der Waals surface area contributed by atoms with Gasteiger partial charge in [-0.05, 0) is 49.9 Å². The average molecular weight is 340 g/mol. The van der Waals surface area contributed by atoms with Crippen molar-refractivity contribution in [1.29, 1.82) is 0 Å². The van der Waals surface area contributed by atoms with Crippen LogP contribution in [0.5, 0.6) is 5.75 Å². The zero-order valence-corrected chi connectivity index (χ0v) is 14.6. The van der Waals surface area contributed by atoms with E-state index < -0.39 is 10.0 Å². The van der Waals surface area contributed by atoms with Crippen LogP contribution in [0.3, 0.4) is 0 Å². The standard InChI is InChI=1S/C16H24N2O4S/c1-12-8-13(2)10-15(9-12)22-11-16(19)17-14-4-6-18(7-5-14)23(3,20)21/h8-10,14H,4-7,11H2,1-3H3,(H,17,19). The summed E-state index contributed by atoms with van der Waals surface area (Å²) >= 11 is 0. The first-order valence-electron chi connectivity index (χ1n) is 7.69. The Morgan fingerprint density at radius 1 is 1.22 bits per heavy atom. The van der Waals surface area contributed by atoms with Gasteiger partial charge in [0.2, 0.25) is 10.0 Å². The molecule has 2 rings (SSSR count). The van der Waals surface area contributed by atoms with Gasteiger partial charge in [0.15, 0.2) is 6.61 Å². The molecule has 23 heavy (non-hydrogen) atoms. The number of rotatable bonds is 5. The molecule has 0 radical (unpaired) electrons. The summed E-state index contributed by atoms with van der Waals surface area (Å²) in [6.45, 7) is 4.82. The Hall–Kier alpha value is -1.60. The van der Waals surface area contributed by atoms with E-state index >= 15 is 0 Å². The number of nitrogens with one attached hydrogen (secondary N) is 1. The van der Waals surface area contributed by atoms with Gasteiger partial charge in [-0.15, -0.1) is 0 Å². The van der Waals surface area contributed by atoms with E-state index in [4.69, 9.17) is 4.74 Å². The van der Waals surface area contributed by atoms with Gasteiger partial charge in [0.05, 0.1) is 6.26 Å². The summed E-state index contributed by atoms with van der Waals surface area (Å²) in [4.78, 5) is 12.0. The first-order valence-corrected chi connectivity index (χ1v) is 9.54. The van der Waals surface area contributed by atoms with Crippen molar-refractivity contribution in [3.63, 3.8) is 0 Å². The molecule has 1 N–H and O–H groups in total. The van der Waals surface area contributed by atoms with Gasteiger partial charge in [0, 0.05) is 19.1 Å². The summed E-state index contributed by atoms with van der Waals surface area (Å²) in [5.41, 5.74) is 2.18. The van der Waals surface area contributed by atoms with Crippen LogP contribution in [0.4, 0.5) is 0 Å². The SMILES string of the molecule is Cc1cc(C)cc(OCC(=O)NC2CCN(S(C)(=O)=O)CC2)c1. The van der Waals surface area contributed by atoms with E-state index in [1.165, 1.54) is 10.6 Å². The fourth-order valence-corrected chi connectivity index (χ4v) is 3.64. The number of ether oxygens (including phenoxy) is 1. The zero-order chi connectivity index (χ0) is 17.0. The monoisotopic (exact) mass is 340 g/mol. The summed E-state index contributed by atoms with van der Waals surface area (Å²) < 4.78 is 29.9. The number of carbonyl (C=O) groups is 1. The van der Waals surface area contributed by atoms with Crippen LogP contribution in [-0.4, -0.2) is 50.6 Å². The van der Waals surface area contributed by atoms with E-state index in [2.05, 4.69) is 5.32 Å². The normalized spacial score (nSPS) is 17.0. The molecular weight excluding hydrogens is 316 g/mol. The van der Waals surface area contributed by atoms with Crippen molar-refractivity contribution < 1.29 is 17.9 Å². The van der Waals surface area contributed by atoms with Gasteiger partial charge < -0.3 is 10.1 Å². The second kappa shape index (κ2) is 7.31. The molecule has 1 heterocycles. The quantitative estimate of drug-likeness (QED) is 0.874. The lowest BCUT2D eigenvalue weighted by Gasteiger charge is -2.30. The summed E-state index contributed by atoms with van der Waals surface area (Å²) in [7, 11) is -3.14. The minimum Gasteiger partial charge on any atom is -0.484 e. The molecule has 0 bridgehead atoms. The van der Waals surface area contributed by atoms with E-state index in [1.807, 2.05) is 32.0 Å². The van der Waals surface area contributed by atoms with E-state index in [0.717, 1.165) is 11.1 Å². The fraction of sp³-hybridized carbons (Fsp3) is 0.562. The van der Waals surface area contributed by atoms with Gasteiger partial charge in [-0.2, -0.15) is 0 Å². The van der Waals surface area contributed by atoms with Crippen LogP contribution in [0.1, 0.15) is 24.0 Å². The van der Waals surface area contributed by atoms with Gasteiger partial charge in [0.25, 0.3) is 5.91 Å². The highest BCUT2D eigenvalue weighted by atomic mass is 32.2. The second-order valence-corrected chi connectivity index (χ2v) is 8.10. The number of aryl methyl sites for hydroxylation is 2. The number of hydrogen-bond acceptors (Lipinski definition) is 4. The molecule has 7 heteroatoms. The lowest BCUT2D eigenvalue weighted by Crippen LogP contribution is -2.47. The molecule has 1 aromatic rings. The minimum atomic E-state index is -3.14. The van der Waals surface area contributed by atoms with E-state index in [9.17, 15) is 13.2 Å². The van der Waals surface area contributed by atoms with Crippen molar-refractivity contribution in [3.05, 3.63) is 29.3 Å². The van der Waals surface area contributed by atoms with Crippen molar-refractivity contribution >= 4 is 15.9 Å². The van der Waals surface area contributed by atoms with E-state index in [1.54, 1.807) is 0 Å². The Morgan fingerprint density at radius 3 is 2.30 bits per heavy atom. The number of benzene rings is 1. The van der Waals surface area contributed by atoms with Crippen molar-refractivity contribution in [2.24, 2.45) is 0 Å². The zero-order valence-electron chi connectivity index (χ0n) is 13.8. The largest absolute Gasteiger partial charge is 0.484 e. The second-order valence-electron chi connectivity index (χ2n) is 6.12. The molecule has 0 aliphatic carbocycles. The van der Waals surface area contributed by atoms with Crippen molar-refractivity contribution in [2.45, 2.75) is 32.7 Å². The highest BCUT2D eigenvalue weighted by Crippen LogP contribution is 2.16. The molecule has 1 aromatic carbocycles. The summed E-state index contributed by atoms with van der Waals surface area (Å²) in [6.07, 6.45) is 2.47. The van der Waals surface area contributed by atoms with Gasteiger partial charge in [-0.1, -0.05) is 6.07 Å². The Kier molecular flexibility index (Phi) is 5.64. The van der Waals surface area contributed by atoms with Gasteiger partial charge in [-0.25, -0.2) is 12.7 Å². The molecule has 6 nitrogen and oxygen atoms in total. The van der Waals surface area contributed by atoms with Crippen molar-refractivity contribution in [1.82, 2.24) is 9.62 Å². The number of sulfonamides is 1. The topological polar surface area (TPSA) is 75.7 Å². The van der Waals surface area contributed by atoms with Crippen LogP contribution in [0.25, 0.3) is 0 Å². The third-order valence-electron chi connectivity index (χ3n) is 3.85. The Balaban J connectivity index is 1.77. The minimum absolute atomic E-state index is 0.00310. The predicted octanol–water partition coefficient (Wildman–Crippen LogP) is 1.22. The molecule has 0 atom stereocenters. The molecule has 0 spiro atoms. The summed E-state index contributed by atoms with van der Waals surface area (Å²) in [5, 5.41) is 2.90. The predicted molar refractivity (Wildman–Crippen MR) is 89.0 cm³/mol. The maximum atomic E-state index is 12.0. The maximum Gasteiger partial charge on any atom is 0.258 e. The summed E-state index contributed by atoms with van der Waals surface area (Å²) in [6, 6.07) is 5.83. The molecule has 0 saturated carbocycles. The smallest absolute Gasteiger partial charge is 0.258 e. The molecule has 1 aliphatic rings. The molecule has 1 aliphatic heterocycles. The van der Waals surface area contributed by atoms with Crippen LogP contribution in [0, 0.1) is 13.8 Å². The number of carbonyl (C=O) groups excluding carboxylic acids is 1. The first kappa shape index (κ1) is 17.7. The summed E-state index contributed by atoms with van der Waals surface area (Å²) in [5.74, 6) is 0.506. The van der Waals surface area contributed by atoms with Gasteiger partial charge in [-0.3, -0.25) is 4.79 Å².